The summed E-state index contributed by atoms with van der Waals surface area (Å²) in [5.74, 6) is -8.10. The Morgan fingerprint density at radius 3 is 2.40 bits per heavy atom. The maximum atomic E-state index is 15.6. The molecule has 0 saturated heterocycles. The first-order valence-electron chi connectivity index (χ1n) is 20.9. The van der Waals surface area contributed by atoms with E-state index in [9.17, 15) is 30.8 Å². The molecule has 3 heterocycles. The van der Waals surface area contributed by atoms with Crippen molar-refractivity contribution in [2.75, 3.05) is 11.0 Å². The van der Waals surface area contributed by atoms with Crippen molar-refractivity contribution in [2.24, 2.45) is 13.0 Å². The number of alkyl halides is 4. The molecule has 0 spiro atoms. The zero-order chi connectivity index (χ0) is 48.0. The molecule has 8 aromatic rings. The molecule has 1 saturated carbocycles. The Morgan fingerprint density at radius 2 is 1.68 bits per heavy atom. The number of aryl methyl sites for hydroxylation is 1. The number of hydrogen-bond donors (Lipinski definition) is 2. The van der Waals surface area contributed by atoms with E-state index in [0.29, 0.717) is 33.4 Å². The van der Waals surface area contributed by atoms with Crippen molar-refractivity contribution in [2.45, 2.75) is 43.7 Å². The van der Waals surface area contributed by atoms with Gasteiger partial charge in [0.1, 0.15) is 46.9 Å². The number of fused-ring (bicyclic) bond motifs is 5. The lowest BCUT2D eigenvalue weighted by Crippen LogP contribution is -2.38. The zero-order valence-corrected chi connectivity index (χ0v) is 37.1. The third kappa shape index (κ3) is 7.99. The van der Waals surface area contributed by atoms with Crippen molar-refractivity contribution in [3.63, 3.8) is 0 Å². The van der Waals surface area contributed by atoms with Gasteiger partial charge in [-0.05, 0) is 78.1 Å². The van der Waals surface area contributed by atoms with Crippen LogP contribution in [0.3, 0.4) is 0 Å². The van der Waals surface area contributed by atoms with Crippen molar-refractivity contribution in [1.29, 1.82) is 0 Å². The fourth-order valence-corrected chi connectivity index (χ4v) is 9.89. The molecule has 0 radical (unpaired) electrons. The number of benzene rings is 5. The Balaban J connectivity index is 1.18. The van der Waals surface area contributed by atoms with E-state index in [2.05, 4.69) is 20.2 Å². The van der Waals surface area contributed by atoms with Gasteiger partial charge in [0, 0.05) is 36.6 Å². The van der Waals surface area contributed by atoms with E-state index in [0.717, 1.165) is 23.0 Å². The quantitative estimate of drug-likeness (QED) is 0.108. The number of rotatable bonds is 13. The first-order chi connectivity index (χ1) is 32.4. The molecule has 10 rings (SSSR count). The highest BCUT2D eigenvalue weighted by Gasteiger charge is 2.67. The minimum absolute atomic E-state index is 0.0102. The summed E-state index contributed by atoms with van der Waals surface area (Å²) in [4.78, 5) is 34.5. The normalized spacial score (nSPS) is 16.5. The van der Waals surface area contributed by atoms with Gasteiger partial charge < -0.3 is 10.1 Å². The van der Waals surface area contributed by atoms with Crippen molar-refractivity contribution < 1.29 is 44.3 Å². The van der Waals surface area contributed by atoms with Crippen LogP contribution < -0.4 is 20.3 Å². The molecule has 2 aliphatic rings. The van der Waals surface area contributed by atoms with E-state index in [4.69, 9.17) is 21.3 Å². The maximum absolute atomic E-state index is 15.6. The van der Waals surface area contributed by atoms with Gasteiger partial charge in [0.05, 0.1) is 44.8 Å². The van der Waals surface area contributed by atoms with Gasteiger partial charge in [-0.25, -0.2) is 31.0 Å². The van der Waals surface area contributed by atoms with Crippen LogP contribution in [0.2, 0.25) is 5.02 Å². The minimum Gasteiger partial charge on any atom is -0.457 e. The molecule has 13 nitrogen and oxygen atoms in total. The Hall–Kier alpha value is -7.19. The number of hydrogen-bond acceptors (Lipinski definition) is 8. The summed E-state index contributed by atoms with van der Waals surface area (Å²) in [6.07, 6.45) is -2.80. The molecule has 5 aromatic carbocycles. The van der Waals surface area contributed by atoms with Gasteiger partial charge in [0.15, 0.2) is 5.82 Å². The van der Waals surface area contributed by atoms with Gasteiger partial charge in [-0.15, -0.1) is 0 Å². The molecule has 1 fully saturated rings. The molecule has 0 aliphatic heterocycles. The lowest BCUT2D eigenvalue weighted by Gasteiger charge is -2.24. The van der Waals surface area contributed by atoms with Crippen LogP contribution in [-0.4, -0.2) is 49.7 Å². The molecule has 68 heavy (non-hydrogen) atoms. The number of nitrogens with one attached hydrogen (secondary N) is 2. The molecule has 21 heteroatoms. The number of sulfonamides is 1. The summed E-state index contributed by atoms with van der Waals surface area (Å²) in [6, 6.07) is 24.7. The van der Waals surface area contributed by atoms with E-state index >= 15 is 13.6 Å². The molecular formula is C47H35ClF6N8O5S. The molecule has 1 amide bonds. The summed E-state index contributed by atoms with van der Waals surface area (Å²) in [5, 5.41) is 10.9. The second-order valence-corrected chi connectivity index (χ2v) is 18.8. The predicted octanol–water partition coefficient (Wildman–Crippen LogP) is 9.48. The average molecular weight is 973 g/mol. The SMILES string of the molecule is Cn1nc(NS(C)(=O)=O)c2c(Cl)ccc(-n3c([C@H](Cc4cc(F)cc(F)c4)NC(=O)Cn4nc(C(F)F)c5c4C(F)(F)[C@@H]4C[C@H]54)nc4cc(-c5ccccc5Oc5ccccc5)ccc4c3=O)c21. The van der Waals surface area contributed by atoms with Crippen molar-refractivity contribution in [3.8, 4) is 28.3 Å². The second-order valence-electron chi connectivity index (χ2n) is 16.7. The maximum Gasteiger partial charge on any atom is 0.293 e. The van der Waals surface area contributed by atoms with Crippen LogP contribution in [0.15, 0.2) is 108 Å². The highest BCUT2D eigenvalue weighted by molar-refractivity contribution is 7.92. The number of amides is 1. The van der Waals surface area contributed by atoms with E-state index in [1.807, 2.05) is 6.07 Å². The van der Waals surface area contributed by atoms with E-state index in [1.165, 1.54) is 29.9 Å². The fourth-order valence-electron chi connectivity index (χ4n) is 9.16. The predicted molar refractivity (Wildman–Crippen MR) is 240 cm³/mol. The highest BCUT2D eigenvalue weighted by atomic mass is 35.5. The third-order valence-corrected chi connectivity index (χ3v) is 12.9. The summed E-state index contributed by atoms with van der Waals surface area (Å²) in [6.45, 7) is -0.994. The summed E-state index contributed by atoms with van der Waals surface area (Å²) in [7, 11) is -2.47. The van der Waals surface area contributed by atoms with Gasteiger partial charge in [-0.2, -0.15) is 19.0 Å². The number of nitrogens with zero attached hydrogens (tertiary/aromatic N) is 6. The van der Waals surface area contributed by atoms with E-state index in [-0.39, 0.29) is 61.7 Å². The minimum atomic E-state index is -3.93. The van der Waals surface area contributed by atoms with Crippen LogP contribution in [0.25, 0.3) is 38.6 Å². The standard InChI is InChI=1S/C47H35ClF6N8O5S/c1-60-41-35(15-14-32(48)39(41)44(58-60)59-68(2,65)66)62-45(56-33-19-24(12-13-29(33)46(62)64)28-10-6-7-11-36(28)67-27-8-4-3-5-9-27)34(18-23-16-25(49)20-26(50)17-23)55-37(63)22-61-42-38(40(57-61)43(51)52)30-21-31(30)47(42,53)54/h3-17,19-20,30-31,34,43H,18,21-22H2,1-2H3,(H,55,63)(H,58,59)/t30-,31+,34-/m0/s1. The second kappa shape index (κ2) is 16.5. The number of halogens is 7. The molecule has 0 bridgehead atoms. The van der Waals surface area contributed by atoms with Crippen LogP contribution in [-0.2, 0) is 40.8 Å². The fraction of sp³-hybridized carbons (Fsp3) is 0.213. The Kier molecular flexibility index (Phi) is 10.9. The Labute approximate surface area is 387 Å². The molecule has 2 N–H and O–H groups in total. The summed E-state index contributed by atoms with van der Waals surface area (Å²) >= 11 is 6.68. The average Bonchev–Trinajstić information content (AvgIpc) is 3.82. The largest absolute Gasteiger partial charge is 0.457 e. The molecule has 3 aromatic heterocycles. The zero-order valence-electron chi connectivity index (χ0n) is 35.5. The topological polar surface area (TPSA) is 155 Å². The molecule has 3 atom stereocenters. The van der Waals surface area contributed by atoms with Crippen LogP contribution in [0.5, 0.6) is 11.5 Å². The van der Waals surface area contributed by atoms with Crippen molar-refractivity contribution in [1.82, 2.24) is 34.4 Å². The van der Waals surface area contributed by atoms with Gasteiger partial charge in [0.25, 0.3) is 17.9 Å². The van der Waals surface area contributed by atoms with Gasteiger partial charge >= 0.3 is 0 Å². The van der Waals surface area contributed by atoms with Crippen LogP contribution in [0.4, 0.5) is 32.2 Å². The molecule has 0 unspecified atom stereocenters. The van der Waals surface area contributed by atoms with Crippen LogP contribution in [0.1, 0.15) is 53.1 Å². The third-order valence-electron chi connectivity index (χ3n) is 12.0. The summed E-state index contributed by atoms with van der Waals surface area (Å²) < 4.78 is 126. The first-order valence-corrected chi connectivity index (χ1v) is 23.2. The number of ether oxygens (including phenoxy) is 1. The molecule has 2 aliphatic carbocycles. The number of carbonyl (C=O) groups excluding carboxylic acids is 1. The smallest absolute Gasteiger partial charge is 0.293 e. The Morgan fingerprint density at radius 1 is 0.956 bits per heavy atom. The highest BCUT2D eigenvalue weighted by Crippen LogP contribution is 2.68. The first kappa shape index (κ1) is 44.6. The van der Waals surface area contributed by atoms with Gasteiger partial charge in [0.2, 0.25) is 15.9 Å². The monoisotopic (exact) mass is 972 g/mol. The van der Waals surface area contributed by atoms with E-state index in [1.54, 1.807) is 60.7 Å². The number of para-hydroxylation sites is 2. The number of aromatic nitrogens is 6. The van der Waals surface area contributed by atoms with Gasteiger partial charge in [-0.3, -0.25) is 28.2 Å². The molecule has 348 valence electrons. The van der Waals surface area contributed by atoms with Gasteiger partial charge in [-0.1, -0.05) is 54.1 Å². The van der Waals surface area contributed by atoms with E-state index < -0.39 is 87.7 Å². The number of carbonyl (C=O) groups is 1. The lowest BCUT2D eigenvalue weighted by atomic mass is 10.0. The molecular weight excluding hydrogens is 938 g/mol. The van der Waals surface area contributed by atoms with Crippen LogP contribution in [0, 0.1) is 17.6 Å². The van der Waals surface area contributed by atoms with Crippen molar-refractivity contribution >= 4 is 55.2 Å². The van der Waals surface area contributed by atoms with Crippen molar-refractivity contribution in [3.05, 3.63) is 158 Å². The van der Waals surface area contributed by atoms with Crippen LogP contribution >= 0.6 is 11.6 Å². The Bertz CT molecular complexity index is 3530. The summed E-state index contributed by atoms with van der Waals surface area (Å²) in [5.41, 5.74) is -1.42. The number of anilines is 1. The lowest BCUT2D eigenvalue weighted by molar-refractivity contribution is -0.123.